The van der Waals surface area contributed by atoms with Crippen molar-refractivity contribution in [3.63, 3.8) is 0 Å². The zero-order valence-electron chi connectivity index (χ0n) is 16.9. The van der Waals surface area contributed by atoms with Gasteiger partial charge in [0.1, 0.15) is 12.1 Å². The number of carbonyl (C=O) groups is 2. The molecule has 0 aliphatic heterocycles. The van der Waals surface area contributed by atoms with Crippen molar-refractivity contribution in [1.29, 1.82) is 0 Å². The number of ether oxygens (including phenoxy) is 2. The van der Waals surface area contributed by atoms with Crippen LogP contribution in [0, 0.1) is 0 Å². The summed E-state index contributed by atoms with van der Waals surface area (Å²) in [6, 6.07) is 17.6. The molecule has 2 rings (SSSR count). The molecule has 150 valence electrons. The van der Waals surface area contributed by atoms with Gasteiger partial charge >= 0.3 is 6.09 Å². The standard InChI is InChI=1S/C22H28N2O4/c1-22(2,3)28-21(26)24(14-15-27-4)16-20(25)23-19-12-10-18(11-13-19)17-8-6-5-7-9-17/h5-13H,14-16H2,1-4H3,(H,23,25). The van der Waals surface area contributed by atoms with E-state index < -0.39 is 11.7 Å². The maximum atomic E-state index is 12.4. The number of amides is 2. The predicted octanol–water partition coefficient (Wildman–Crippen LogP) is 4.18. The van der Waals surface area contributed by atoms with Gasteiger partial charge in [-0.3, -0.25) is 9.69 Å². The molecule has 2 aromatic carbocycles. The Kier molecular flexibility index (Phi) is 7.58. The van der Waals surface area contributed by atoms with E-state index in [4.69, 9.17) is 9.47 Å². The highest BCUT2D eigenvalue weighted by molar-refractivity contribution is 5.94. The molecular weight excluding hydrogens is 356 g/mol. The topological polar surface area (TPSA) is 67.9 Å². The molecule has 0 fully saturated rings. The van der Waals surface area contributed by atoms with Crippen molar-refractivity contribution in [3.05, 3.63) is 54.6 Å². The minimum atomic E-state index is -0.633. The highest BCUT2D eigenvalue weighted by Gasteiger charge is 2.23. The second kappa shape index (κ2) is 9.90. The number of anilines is 1. The Morgan fingerprint density at radius 1 is 0.964 bits per heavy atom. The second-order valence-electron chi connectivity index (χ2n) is 7.39. The quantitative estimate of drug-likeness (QED) is 0.778. The van der Waals surface area contributed by atoms with Crippen LogP contribution < -0.4 is 5.32 Å². The van der Waals surface area contributed by atoms with Gasteiger partial charge in [-0.25, -0.2) is 4.79 Å². The molecule has 6 nitrogen and oxygen atoms in total. The Hall–Kier alpha value is -2.86. The average Bonchev–Trinajstić information content (AvgIpc) is 2.65. The van der Waals surface area contributed by atoms with Crippen molar-refractivity contribution < 1.29 is 19.1 Å². The van der Waals surface area contributed by atoms with Crippen LogP contribution in [0.2, 0.25) is 0 Å². The first-order valence-corrected chi connectivity index (χ1v) is 9.21. The lowest BCUT2D eigenvalue weighted by molar-refractivity contribution is -0.117. The number of methoxy groups -OCH3 is 1. The van der Waals surface area contributed by atoms with Gasteiger partial charge in [0.15, 0.2) is 0 Å². The maximum Gasteiger partial charge on any atom is 0.410 e. The van der Waals surface area contributed by atoms with Crippen molar-refractivity contribution in [3.8, 4) is 11.1 Å². The van der Waals surface area contributed by atoms with Gasteiger partial charge in [-0.15, -0.1) is 0 Å². The molecule has 0 radical (unpaired) electrons. The van der Waals surface area contributed by atoms with Crippen LogP contribution in [0.15, 0.2) is 54.6 Å². The Bertz CT molecular complexity index is 767. The molecule has 0 aliphatic carbocycles. The van der Waals surface area contributed by atoms with E-state index in [0.717, 1.165) is 11.1 Å². The van der Waals surface area contributed by atoms with E-state index in [9.17, 15) is 9.59 Å². The number of nitrogens with one attached hydrogen (secondary N) is 1. The number of hydrogen-bond donors (Lipinski definition) is 1. The Balaban J connectivity index is 1.98. The molecule has 28 heavy (non-hydrogen) atoms. The van der Waals surface area contributed by atoms with E-state index in [-0.39, 0.29) is 19.0 Å². The highest BCUT2D eigenvalue weighted by atomic mass is 16.6. The van der Waals surface area contributed by atoms with Crippen molar-refractivity contribution in [2.24, 2.45) is 0 Å². The molecule has 0 unspecified atom stereocenters. The molecule has 0 saturated carbocycles. The summed E-state index contributed by atoms with van der Waals surface area (Å²) in [5, 5.41) is 2.82. The lowest BCUT2D eigenvalue weighted by atomic mass is 10.1. The minimum Gasteiger partial charge on any atom is -0.444 e. The summed E-state index contributed by atoms with van der Waals surface area (Å²) in [6.45, 7) is 5.83. The fourth-order valence-corrected chi connectivity index (χ4v) is 2.51. The monoisotopic (exact) mass is 384 g/mol. The van der Waals surface area contributed by atoms with Gasteiger partial charge < -0.3 is 14.8 Å². The fourth-order valence-electron chi connectivity index (χ4n) is 2.51. The van der Waals surface area contributed by atoms with Crippen LogP contribution in [0.1, 0.15) is 20.8 Å². The molecule has 0 heterocycles. The normalized spacial score (nSPS) is 11.0. The van der Waals surface area contributed by atoms with E-state index in [1.54, 1.807) is 27.9 Å². The number of rotatable bonds is 7. The molecule has 0 atom stereocenters. The molecular formula is C22H28N2O4. The Morgan fingerprint density at radius 2 is 1.57 bits per heavy atom. The average molecular weight is 384 g/mol. The van der Waals surface area contributed by atoms with Crippen molar-refractivity contribution in [2.75, 3.05) is 32.1 Å². The molecule has 2 aromatic rings. The van der Waals surface area contributed by atoms with Gasteiger partial charge in [-0.1, -0.05) is 42.5 Å². The van der Waals surface area contributed by atoms with Crippen LogP contribution in [-0.4, -0.2) is 49.3 Å². The third-order valence-electron chi connectivity index (χ3n) is 3.83. The van der Waals surface area contributed by atoms with Crippen molar-refractivity contribution in [2.45, 2.75) is 26.4 Å². The van der Waals surface area contributed by atoms with Crippen molar-refractivity contribution in [1.82, 2.24) is 4.90 Å². The maximum absolute atomic E-state index is 12.4. The molecule has 0 spiro atoms. The fraction of sp³-hybridized carbons (Fsp3) is 0.364. The minimum absolute atomic E-state index is 0.112. The van der Waals surface area contributed by atoms with Crippen LogP contribution >= 0.6 is 0 Å². The third-order valence-corrected chi connectivity index (χ3v) is 3.83. The number of hydrogen-bond acceptors (Lipinski definition) is 4. The zero-order chi connectivity index (χ0) is 20.6. The summed E-state index contributed by atoms with van der Waals surface area (Å²) in [4.78, 5) is 26.1. The van der Waals surface area contributed by atoms with Crippen LogP contribution in [0.5, 0.6) is 0 Å². The number of benzene rings is 2. The first-order chi connectivity index (χ1) is 13.3. The summed E-state index contributed by atoms with van der Waals surface area (Å²) in [6.07, 6.45) is -0.542. The largest absolute Gasteiger partial charge is 0.444 e. The van der Waals surface area contributed by atoms with Gasteiger partial charge in [0.05, 0.1) is 6.61 Å². The molecule has 0 aliphatic rings. The summed E-state index contributed by atoms with van der Waals surface area (Å²) in [7, 11) is 1.54. The van der Waals surface area contributed by atoms with Crippen LogP contribution in [0.4, 0.5) is 10.5 Å². The molecule has 2 amide bonds. The lowest BCUT2D eigenvalue weighted by Crippen LogP contribution is -2.42. The first-order valence-electron chi connectivity index (χ1n) is 9.21. The van der Waals surface area contributed by atoms with Gasteiger partial charge in [0, 0.05) is 19.3 Å². The van der Waals surface area contributed by atoms with Crippen LogP contribution in [0.25, 0.3) is 11.1 Å². The van der Waals surface area contributed by atoms with Gasteiger partial charge in [-0.05, 0) is 44.0 Å². The predicted molar refractivity (Wildman–Crippen MR) is 110 cm³/mol. The zero-order valence-corrected chi connectivity index (χ0v) is 16.9. The number of nitrogens with zero attached hydrogens (tertiary/aromatic N) is 1. The van der Waals surface area contributed by atoms with E-state index in [0.29, 0.717) is 12.3 Å². The summed E-state index contributed by atoms with van der Waals surface area (Å²) in [5.41, 5.74) is 2.21. The van der Waals surface area contributed by atoms with E-state index in [1.165, 1.54) is 4.90 Å². The SMILES string of the molecule is COCCN(CC(=O)Nc1ccc(-c2ccccc2)cc1)C(=O)OC(C)(C)C. The van der Waals surface area contributed by atoms with Gasteiger partial charge in [-0.2, -0.15) is 0 Å². The van der Waals surface area contributed by atoms with Crippen molar-refractivity contribution >= 4 is 17.7 Å². The van der Waals surface area contributed by atoms with Crippen LogP contribution in [-0.2, 0) is 14.3 Å². The summed E-state index contributed by atoms with van der Waals surface area (Å²) < 4.78 is 10.4. The lowest BCUT2D eigenvalue weighted by Gasteiger charge is -2.26. The summed E-state index contributed by atoms with van der Waals surface area (Å²) in [5.74, 6) is -0.297. The first kappa shape index (κ1) is 21.4. The molecule has 6 heteroatoms. The Morgan fingerprint density at radius 3 is 2.14 bits per heavy atom. The van der Waals surface area contributed by atoms with E-state index in [1.807, 2.05) is 54.6 Å². The molecule has 1 N–H and O–H groups in total. The molecule has 0 saturated heterocycles. The molecule has 0 bridgehead atoms. The summed E-state index contributed by atoms with van der Waals surface area (Å²) >= 11 is 0. The third kappa shape index (κ3) is 7.04. The van der Waals surface area contributed by atoms with E-state index in [2.05, 4.69) is 5.32 Å². The highest BCUT2D eigenvalue weighted by Crippen LogP contribution is 2.21. The molecule has 0 aromatic heterocycles. The van der Waals surface area contributed by atoms with Crippen LogP contribution in [0.3, 0.4) is 0 Å². The van der Waals surface area contributed by atoms with E-state index >= 15 is 0 Å². The second-order valence-corrected chi connectivity index (χ2v) is 7.39. The number of carbonyl (C=O) groups excluding carboxylic acids is 2. The van der Waals surface area contributed by atoms with Gasteiger partial charge in [0.2, 0.25) is 5.91 Å². The van der Waals surface area contributed by atoms with Gasteiger partial charge in [0.25, 0.3) is 0 Å². The Labute approximate surface area is 166 Å². The smallest absolute Gasteiger partial charge is 0.410 e.